The van der Waals surface area contributed by atoms with E-state index in [4.69, 9.17) is 32.9 Å². The first-order chi connectivity index (χ1) is 15.7. The number of carbonyl (C=O) groups excluding carboxylic acids is 2. The summed E-state index contributed by atoms with van der Waals surface area (Å²) >= 11 is 12.6. The number of benzene rings is 2. The lowest BCUT2D eigenvalue weighted by atomic mass is 9.86. The van der Waals surface area contributed by atoms with Gasteiger partial charge in [0, 0.05) is 10.8 Å². The van der Waals surface area contributed by atoms with E-state index in [-0.39, 0.29) is 12.4 Å². The number of fused-ring (bicyclic) bond motifs is 2. The van der Waals surface area contributed by atoms with E-state index in [2.05, 4.69) is 0 Å². The Morgan fingerprint density at radius 1 is 1.06 bits per heavy atom. The second-order valence-corrected chi connectivity index (χ2v) is 10.0. The zero-order valence-electron chi connectivity index (χ0n) is 18.9. The fraction of sp³-hybridized carbons (Fsp3) is 0.296. The Labute approximate surface area is 203 Å². The Kier molecular flexibility index (Phi) is 6.60. The zero-order valence-corrected chi connectivity index (χ0v) is 20.4. The SMILES string of the molecule is CC(C)(C)C(=O)COC(=O)c1c2c(nc3ccccc13)C(=Cc1cccc(Cl)c1Cl)CCC2. The molecule has 0 saturated heterocycles. The van der Waals surface area contributed by atoms with E-state index in [1.807, 2.05) is 63.2 Å². The summed E-state index contributed by atoms with van der Waals surface area (Å²) in [6.45, 7) is 5.18. The largest absolute Gasteiger partial charge is 0.454 e. The van der Waals surface area contributed by atoms with Crippen LogP contribution in [0.3, 0.4) is 0 Å². The third kappa shape index (κ3) is 4.83. The van der Waals surface area contributed by atoms with Crippen molar-refractivity contribution in [1.29, 1.82) is 0 Å². The van der Waals surface area contributed by atoms with E-state index in [9.17, 15) is 9.59 Å². The molecule has 1 heterocycles. The highest BCUT2D eigenvalue weighted by Crippen LogP contribution is 2.38. The lowest BCUT2D eigenvalue weighted by molar-refractivity contribution is -0.129. The molecule has 0 atom stereocenters. The Hall–Kier alpha value is -2.69. The quantitative estimate of drug-likeness (QED) is 0.370. The smallest absolute Gasteiger partial charge is 0.339 e. The van der Waals surface area contributed by atoms with Gasteiger partial charge in [0.2, 0.25) is 0 Å². The molecule has 4 rings (SSSR count). The van der Waals surface area contributed by atoms with Crippen LogP contribution >= 0.6 is 23.2 Å². The fourth-order valence-corrected chi connectivity index (χ4v) is 4.31. The van der Waals surface area contributed by atoms with E-state index < -0.39 is 11.4 Å². The molecule has 0 saturated carbocycles. The zero-order chi connectivity index (χ0) is 23.8. The summed E-state index contributed by atoms with van der Waals surface area (Å²) in [5, 5.41) is 1.70. The molecule has 1 aliphatic carbocycles. The molecule has 2 aromatic carbocycles. The number of hydrogen-bond acceptors (Lipinski definition) is 4. The average Bonchev–Trinajstić information content (AvgIpc) is 2.78. The van der Waals surface area contributed by atoms with Gasteiger partial charge in [-0.25, -0.2) is 9.78 Å². The normalized spacial score (nSPS) is 14.9. The highest BCUT2D eigenvalue weighted by molar-refractivity contribution is 6.43. The molecule has 6 heteroatoms. The third-order valence-corrected chi connectivity index (χ3v) is 6.69. The first-order valence-electron chi connectivity index (χ1n) is 10.9. The maximum absolute atomic E-state index is 13.3. The number of ketones is 1. The number of nitrogens with zero attached hydrogens (tertiary/aromatic N) is 1. The Bertz CT molecular complexity index is 1290. The topological polar surface area (TPSA) is 56.3 Å². The highest BCUT2D eigenvalue weighted by atomic mass is 35.5. The number of halogens is 2. The number of pyridine rings is 1. The first kappa shape index (κ1) is 23.5. The minimum absolute atomic E-state index is 0.126. The van der Waals surface area contributed by atoms with Gasteiger partial charge in [0.1, 0.15) is 0 Å². The molecule has 0 N–H and O–H groups in total. The van der Waals surface area contributed by atoms with Crippen molar-refractivity contribution in [2.24, 2.45) is 5.41 Å². The number of carbonyl (C=O) groups is 2. The van der Waals surface area contributed by atoms with Gasteiger partial charge in [0.15, 0.2) is 12.4 Å². The van der Waals surface area contributed by atoms with Gasteiger partial charge < -0.3 is 4.74 Å². The van der Waals surface area contributed by atoms with Crippen molar-refractivity contribution in [3.8, 4) is 0 Å². The van der Waals surface area contributed by atoms with Crippen LogP contribution in [0.1, 0.15) is 60.8 Å². The molecular weight excluding hydrogens is 457 g/mol. The van der Waals surface area contributed by atoms with E-state index in [0.717, 1.165) is 40.6 Å². The highest BCUT2D eigenvalue weighted by Gasteiger charge is 2.28. The van der Waals surface area contributed by atoms with Crippen LogP contribution in [0.15, 0.2) is 42.5 Å². The number of ether oxygens (including phenoxy) is 1. The summed E-state index contributed by atoms with van der Waals surface area (Å²) in [7, 11) is 0. The Morgan fingerprint density at radius 3 is 2.58 bits per heavy atom. The predicted molar refractivity (Wildman–Crippen MR) is 134 cm³/mol. The summed E-state index contributed by atoms with van der Waals surface area (Å²) in [5.74, 6) is -0.622. The molecular formula is C27H25Cl2NO3. The van der Waals surface area contributed by atoms with E-state index in [1.165, 1.54) is 0 Å². The van der Waals surface area contributed by atoms with E-state index >= 15 is 0 Å². The Balaban J connectivity index is 1.82. The molecule has 33 heavy (non-hydrogen) atoms. The fourth-order valence-electron chi connectivity index (χ4n) is 3.95. The van der Waals surface area contributed by atoms with Crippen LogP contribution in [0.25, 0.3) is 22.6 Å². The molecule has 0 aliphatic heterocycles. The van der Waals surface area contributed by atoms with Crippen LogP contribution in [0.2, 0.25) is 10.0 Å². The monoisotopic (exact) mass is 481 g/mol. The third-order valence-electron chi connectivity index (χ3n) is 5.86. The molecule has 0 radical (unpaired) electrons. The van der Waals surface area contributed by atoms with Crippen molar-refractivity contribution in [2.75, 3.05) is 6.61 Å². The molecule has 1 aromatic heterocycles. The molecule has 0 spiro atoms. The summed E-state index contributed by atoms with van der Waals surface area (Å²) in [6.07, 6.45) is 4.36. The van der Waals surface area contributed by atoms with Gasteiger partial charge in [-0.05, 0) is 54.2 Å². The van der Waals surface area contributed by atoms with Crippen molar-refractivity contribution < 1.29 is 14.3 Å². The number of esters is 1. The number of allylic oxidation sites excluding steroid dienone is 1. The van der Waals surface area contributed by atoms with Gasteiger partial charge in [-0.3, -0.25) is 4.79 Å². The summed E-state index contributed by atoms with van der Waals surface area (Å²) < 4.78 is 5.50. The van der Waals surface area contributed by atoms with Gasteiger partial charge in [0.05, 0.1) is 26.8 Å². The molecule has 0 fully saturated rings. The molecule has 0 bridgehead atoms. The molecule has 170 valence electrons. The van der Waals surface area contributed by atoms with Gasteiger partial charge >= 0.3 is 5.97 Å². The van der Waals surface area contributed by atoms with Crippen molar-refractivity contribution in [3.05, 3.63) is 74.9 Å². The van der Waals surface area contributed by atoms with Crippen LogP contribution in [-0.2, 0) is 16.0 Å². The first-order valence-corrected chi connectivity index (χ1v) is 11.7. The predicted octanol–water partition coefficient (Wildman–Crippen LogP) is 7.19. The number of aromatic nitrogens is 1. The summed E-state index contributed by atoms with van der Waals surface area (Å²) in [5.41, 5.74) is 4.03. The van der Waals surface area contributed by atoms with Crippen LogP contribution in [0.5, 0.6) is 0 Å². The minimum Gasteiger partial charge on any atom is -0.454 e. The van der Waals surface area contributed by atoms with E-state index in [0.29, 0.717) is 27.5 Å². The lowest BCUT2D eigenvalue weighted by Crippen LogP contribution is -2.27. The summed E-state index contributed by atoms with van der Waals surface area (Å²) in [6, 6.07) is 13.0. The maximum Gasteiger partial charge on any atom is 0.339 e. The van der Waals surface area contributed by atoms with E-state index in [1.54, 1.807) is 6.07 Å². The van der Waals surface area contributed by atoms with Crippen LogP contribution in [-0.4, -0.2) is 23.3 Å². The van der Waals surface area contributed by atoms with Gasteiger partial charge in [0.25, 0.3) is 0 Å². The second kappa shape index (κ2) is 9.28. The van der Waals surface area contributed by atoms with Crippen molar-refractivity contribution in [1.82, 2.24) is 4.98 Å². The van der Waals surface area contributed by atoms with Gasteiger partial charge in [-0.1, -0.05) is 74.3 Å². The molecule has 4 nitrogen and oxygen atoms in total. The molecule has 0 unspecified atom stereocenters. The summed E-state index contributed by atoms with van der Waals surface area (Å²) in [4.78, 5) is 30.5. The maximum atomic E-state index is 13.3. The number of hydrogen-bond donors (Lipinski definition) is 0. The second-order valence-electron chi connectivity index (χ2n) is 9.25. The van der Waals surface area contributed by atoms with Crippen molar-refractivity contribution in [3.63, 3.8) is 0 Å². The minimum atomic E-state index is -0.577. The average molecular weight is 482 g/mol. The van der Waals surface area contributed by atoms with Crippen molar-refractivity contribution in [2.45, 2.75) is 40.0 Å². The van der Waals surface area contributed by atoms with Crippen LogP contribution in [0.4, 0.5) is 0 Å². The molecule has 1 aliphatic rings. The number of rotatable bonds is 4. The lowest BCUT2D eigenvalue weighted by Gasteiger charge is -2.23. The number of para-hydroxylation sites is 1. The van der Waals surface area contributed by atoms with Crippen LogP contribution in [0, 0.1) is 5.41 Å². The number of Topliss-reactive ketones (excluding diaryl/α,β-unsaturated/α-hetero) is 1. The molecule has 0 amide bonds. The standard InChI is InChI=1S/C27H25Cl2NO3/c1-27(2,3)22(31)15-33-26(32)23-18-10-4-5-13-21(18)30-25-17(9-6-11-19(23)25)14-16-8-7-12-20(28)24(16)29/h4-5,7-8,10,12-14H,6,9,11,15H2,1-3H3. The van der Waals surface area contributed by atoms with Crippen molar-refractivity contribution >= 4 is 57.5 Å². The van der Waals surface area contributed by atoms with Gasteiger partial charge in [-0.15, -0.1) is 0 Å². The van der Waals surface area contributed by atoms with Gasteiger partial charge in [-0.2, -0.15) is 0 Å². The Morgan fingerprint density at radius 2 is 1.82 bits per heavy atom. The van der Waals surface area contributed by atoms with Crippen LogP contribution < -0.4 is 0 Å². The molecule has 3 aromatic rings.